The van der Waals surface area contributed by atoms with E-state index in [9.17, 15) is 14.7 Å². The SMILES string of the molecule is CC(C)(C)C(C(=O)O)C(=O)Nc1ccc2ncccc2c1. The number of nitrogens with zero attached hydrogens (tertiary/aromatic N) is 1. The number of aromatic nitrogens is 1. The fraction of sp³-hybridized carbons (Fsp3) is 0.312. The van der Waals surface area contributed by atoms with Crippen molar-refractivity contribution in [3.63, 3.8) is 0 Å². The molecule has 0 bridgehead atoms. The van der Waals surface area contributed by atoms with Crippen LogP contribution in [0.3, 0.4) is 0 Å². The maximum Gasteiger partial charge on any atom is 0.316 e. The summed E-state index contributed by atoms with van der Waals surface area (Å²) in [6, 6.07) is 8.98. The molecule has 5 nitrogen and oxygen atoms in total. The van der Waals surface area contributed by atoms with Crippen molar-refractivity contribution in [3.05, 3.63) is 36.5 Å². The van der Waals surface area contributed by atoms with E-state index in [0.717, 1.165) is 10.9 Å². The molecule has 0 spiro atoms. The molecule has 0 saturated heterocycles. The summed E-state index contributed by atoms with van der Waals surface area (Å²) in [5.41, 5.74) is 0.728. The number of carbonyl (C=O) groups is 2. The summed E-state index contributed by atoms with van der Waals surface area (Å²) >= 11 is 0. The lowest BCUT2D eigenvalue weighted by Gasteiger charge is -2.25. The molecule has 2 N–H and O–H groups in total. The third kappa shape index (κ3) is 3.37. The zero-order valence-corrected chi connectivity index (χ0v) is 12.3. The van der Waals surface area contributed by atoms with E-state index in [1.165, 1.54) is 0 Å². The van der Waals surface area contributed by atoms with Crippen LogP contribution in [0.5, 0.6) is 0 Å². The lowest BCUT2D eigenvalue weighted by atomic mass is 9.80. The van der Waals surface area contributed by atoms with Gasteiger partial charge in [0.25, 0.3) is 0 Å². The van der Waals surface area contributed by atoms with Crippen molar-refractivity contribution in [2.75, 3.05) is 5.32 Å². The fourth-order valence-electron chi connectivity index (χ4n) is 2.24. The van der Waals surface area contributed by atoms with Gasteiger partial charge in [-0.1, -0.05) is 26.8 Å². The van der Waals surface area contributed by atoms with Crippen LogP contribution in [-0.2, 0) is 9.59 Å². The molecular formula is C16H18N2O3. The Morgan fingerprint density at radius 1 is 1.24 bits per heavy atom. The molecule has 5 heteroatoms. The average Bonchev–Trinajstić information content (AvgIpc) is 2.36. The summed E-state index contributed by atoms with van der Waals surface area (Å²) in [5, 5.41) is 12.8. The minimum absolute atomic E-state index is 0.516. The number of carboxylic acids is 1. The van der Waals surface area contributed by atoms with Crippen molar-refractivity contribution >= 4 is 28.5 Å². The van der Waals surface area contributed by atoms with Gasteiger partial charge < -0.3 is 10.4 Å². The molecule has 2 rings (SSSR count). The first-order valence-corrected chi connectivity index (χ1v) is 6.67. The van der Waals surface area contributed by atoms with Gasteiger partial charge in [-0.2, -0.15) is 0 Å². The molecule has 1 heterocycles. The maximum absolute atomic E-state index is 12.2. The number of carbonyl (C=O) groups excluding carboxylic acids is 1. The highest BCUT2D eigenvalue weighted by Crippen LogP contribution is 2.28. The smallest absolute Gasteiger partial charge is 0.316 e. The van der Waals surface area contributed by atoms with Crippen molar-refractivity contribution in [2.24, 2.45) is 11.3 Å². The van der Waals surface area contributed by atoms with Crippen LogP contribution in [0, 0.1) is 11.3 Å². The van der Waals surface area contributed by atoms with E-state index in [1.54, 1.807) is 45.2 Å². The normalized spacial score (nSPS) is 12.9. The number of carboxylic acid groups (broad SMARTS) is 1. The highest BCUT2D eigenvalue weighted by molar-refractivity contribution is 6.05. The summed E-state index contributed by atoms with van der Waals surface area (Å²) in [4.78, 5) is 27.7. The van der Waals surface area contributed by atoms with Crippen LogP contribution in [0.15, 0.2) is 36.5 Å². The molecule has 1 aromatic heterocycles. The van der Waals surface area contributed by atoms with Gasteiger partial charge in [0.15, 0.2) is 0 Å². The van der Waals surface area contributed by atoms with Gasteiger partial charge in [0, 0.05) is 17.3 Å². The van der Waals surface area contributed by atoms with Gasteiger partial charge >= 0.3 is 5.97 Å². The van der Waals surface area contributed by atoms with Gasteiger partial charge in [-0.25, -0.2) is 0 Å². The summed E-state index contributed by atoms with van der Waals surface area (Å²) in [6.45, 7) is 5.20. The molecule has 1 unspecified atom stereocenters. The van der Waals surface area contributed by atoms with Gasteiger partial charge in [-0.3, -0.25) is 14.6 Å². The zero-order chi connectivity index (χ0) is 15.6. The van der Waals surface area contributed by atoms with Crippen molar-refractivity contribution in [1.29, 1.82) is 0 Å². The number of nitrogens with one attached hydrogen (secondary N) is 1. The second-order valence-corrected chi connectivity index (χ2v) is 6.04. The third-order valence-corrected chi connectivity index (χ3v) is 3.25. The third-order valence-electron chi connectivity index (χ3n) is 3.25. The first-order valence-electron chi connectivity index (χ1n) is 6.67. The van der Waals surface area contributed by atoms with Crippen molar-refractivity contribution in [1.82, 2.24) is 4.98 Å². The number of pyridine rings is 1. The van der Waals surface area contributed by atoms with Crippen LogP contribution in [0.1, 0.15) is 20.8 Å². The molecule has 0 fully saturated rings. The van der Waals surface area contributed by atoms with Gasteiger partial charge in [0.05, 0.1) is 5.52 Å². The molecule has 1 amide bonds. The molecule has 110 valence electrons. The molecule has 1 atom stereocenters. The van der Waals surface area contributed by atoms with Crippen LogP contribution < -0.4 is 5.32 Å². The van der Waals surface area contributed by atoms with Crippen molar-refractivity contribution in [2.45, 2.75) is 20.8 Å². The first kappa shape index (κ1) is 15.0. The lowest BCUT2D eigenvalue weighted by molar-refractivity contribution is -0.149. The quantitative estimate of drug-likeness (QED) is 0.850. The molecule has 0 aliphatic rings. The Morgan fingerprint density at radius 3 is 2.57 bits per heavy atom. The summed E-state index contributed by atoms with van der Waals surface area (Å²) in [7, 11) is 0. The lowest BCUT2D eigenvalue weighted by Crippen LogP contribution is -2.39. The standard InChI is InChI=1S/C16H18N2O3/c1-16(2,3)13(15(20)21)14(19)18-11-6-7-12-10(9-11)5-4-8-17-12/h4-9,13H,1-3H3,(H,18,19)(H,20,21). The van der Waals surface area contributed by atoms with Gasteiger partial charge in [-0.15, -0.1) is 0 Å². The van der Waals surface area contributed by atoms with Crippen LogP contribution in [0.4, 0.5) is 5.69 Å². The van der Waals surface area contributed by atoms with E-state index in [-0.39, 0.29) is 0 Å². The second kappa shape index (κ2) is 5.52. The number of hydrogen-bond acceptors (Lipinski definition) is 3. The minimum Gasteiger partial charge on any atom is -0.481 e. The molecule has 1 aromatic carbocycles. The molecule has 21 heavy (non-hydrogen) atoms. The van der Waals surface area contributed by atoms with E-state index >= 15 is 0 Å². The average molecular weight is 286 g/mol. The second-order valence-electron chi connectivity index (χ2n) is 6.04. The first-order chi connectivity index (χ1) is 9.79. The zero-order valence-electron chi connectivity index (χ0n) is 12.3. The fourth-order valence-corrected chi connectivity index (χ4v) is 2.24. The van der Waals surface area contributed by atoms with Crippen LogP contribution in [0.2, 0.25) is 0 Å². The summed E-state index contributed by atoms with van der Waals surface area (Å²) < 4.78 is 0. The van der Waals surface area contributed by atoms with E-state index < -0.39 is 23.2 Å². The van der Waals surface area contributed by atoms with Crippen LogP contribution in [-0.4, -0.2) is 22.0 Å². The summed E-state index contributed by atoms with van der Waals surface area (Å²) in [6.07, 6.45) is 1.70. The maximum atomic E-state index is 12.2. The number of benzene rings is 1. The van der Waals surface area contributed by atoms with E-state index in [4.69, 9.17) is 0 Å². The number of amides is 1. The molecule has 2 aromatic rings. The Balaban J connectivity index is 2.26. The van der Waals surface area contributed by atoms with Gasteiger partial charge in [0.1, 0.15) is 5.92 Å². The Morgan fingerprint density at radius 2 is 1.95 bits per heavy atom. The molecular weight excluding hydrogens is 268 g/mol. The monoisotopic (exact) mass is 286 g/mol. The topological polar surface area (TPSA) is 79.3 Å². The Bertz CT molecular complexity index is 689. The molecule has 0 aliphatic carbocycles. The van der Waals surface area contributed by atoms with Crippen LogP contribution >= 0.6 is 0 Å². The number of anilines is 1. The highest BCUT2D eigenvalue weighted by atomic mass is 16.4. The predicted octanol–water partition coefficient (Wildman–Crippen LogP) is 2.92. The largest absolute Gasteiger partial charge is 0.481 e. The van der Waals surface area contributed by atoms with Crippen molar-refractivity contribution in [3.8, 4) is 0 Å². The predicted molar refractivity (Wildman–Crippen MR) is 81.0 cm³/mol. The summed E-state index contributed by atoms with van der Waals surface area (Å²) in [5.74, 6) is -2.75. The molecule has 0 aliphatic heterocycles. The minimum atomic E-state index is -1.12. The molecule has 0 saturated carbocycles. The Hall–Kier alpha value is -2.43. The van der Waals surface area contributed by atoms with Gasteiger partial charge in [0.2, 0.25) is 5.91 Å². The van der Waals surface area contributed by atoms with E-state index in [2.05, 4.69) is 10.3 Å². The number of hydrogen-bond donors (Lipinski definition) is 2. The van der Waals surface area contributed by atoms with Crippen molar-refractivity contribution < 1.29 is 14.7 Å². The Kier molecular flexibility index (Phi) is 3.93. The number of fused-ring (bicyclic) bond motifs is 1. The molecule has 0 radical (unpaired) electrons. The highest BCUT2D eigenvalue weighted by Gasteiger charge is 2.37. The number of rotatable bonds is 3. The van der Waals surface area contributed by atoms with E-state index in [1.807, 2.05) is 12.1 Å². The van der Waals surface area contributed by atoms with Gasteiger partial charge in [-0.05, 0) is 29.7 Å². The Labute approximate surface area is 123 Å². The number of aliphatic carboxylic acids is 1. The van der Waals surface area contributed by atoms with E-state index in [0.29, 0.717) is 5.69 Å². The van der Waals surface area contributed by atoms with Crippen LogP contribution in [0.25, 0.3) is 10.9 Å².